The molecule has 10 heteroatoms. The van der Waals surface area contributed by atoms with Crippen LogP contribution in [0.2, 0.25) is 5.02 Å². The van der Waals surface area contributed by atoms with E-state index in [1.165, 1.54) is 11.1 Å². The van der Waals surface area contributed by atoms with E-state index in [1.54, 1.807) is 32.2 Å². The Hall–Kier alpha value is -2.59. The first-order valence-electron chi connectivity index (χ1n) is 17.1. The number of hydrogen-bond donors (Lipinski definition) is 2. The number of halogens is 1. The number of amides is 1. The van der Waals surface area contributed by atoms with E-state index in [1.807, 2.05) is 25.1 Å². The molecule has 2 heterocycles. The maximum absolute atomic E-state index is 13.5. The molecule has 258 valence electrons. The standard InChI is InChI=1S/C37H51ClN2O6S/c1-6-31-26(3)22-40-23-36(16-8-11-28-20-30(38)13-14-32(28)36)24-46-34-15-12-29(21-33(34)40)35(41)39-47(43,44)27(4)25(2)10-7-17-37(31,42)18-9-19-45-5/h7,12-15,17,20-21,25-27,31,42H,6,8-11,16,18-19,22-24H2,1-5H3,(H,39,41)/b17-7+/t25-,26-,27+,31+,36-,37-/m0/s1. The fourth-order valence-corrected chi connectivity index (χ4v) is 9.62. The molecule has 0 saturated carbocycles. The molecule has 0 saturated heterocycles. The Morgan fingerprint density at radius 2 is 1.94 bits per heavy atom. The van der Waals surface area contributed by atoms with Crippen molar-refractivity contribution in [2.24, 2.45) is 17.8 Å². The third-order valence-corrected chi connectivity index (χ3v) is 13.1. The summed E-state index contributed by atoms with van der Waals surface area (Å²) in [5, 5.41) is 12.3. The molecule has 47 heavy (non-hydrogen) atoms. The predicted octanol–water partition coefficient (Wildman–Crippen LogP) is 6.68. The smallest absolute Gasteiger partial charge is 0.264 e. The van der Waals surface area contributed by atoms with Gasteiger partial charge in [0, 0.05) is 42.8 Å². The second-order valence-electron chi connectivity index (χ2n) is 14.2. The van der Waals surface area contributed by atoms with Gasteiger partial charge in [-0.3, -0.25) is 4.79 Å². The summed E-state index contributed by atoms with van der Waals surface area (Å²) >= 11 is 6.44. The lowest BCUT2D eigenvalue weighted by Crippen LogP contribution is -2.49. The maximum Gasteiger partial charge on any atom is 0.264 e. The highest BCUT2D eigenvalue weighted by Crippen LogP contribution is 2.46. The summed E-state index contributed by atoms with van der Waals surface area (Å²) in [6, 6.07) is 11.3. The van der Waals surface area contributed by atoms with E-state index < -0.39 is 26.8 Å². The van der Waals surface area contributed by atoms with Gasteiger partial charge in [0.2, 0.25) is 10.0 Å². The van der Waals surface area contributed by atoms with Gasteiger partial charge < -0.3 is 19.5 Å². The highest BCUT2D eigenvalue weighted by atomic mass is 35.5. The van der Waals surface area contributed by atoms with Crippen molar-refractivity contribution < 1.29 is 27.8 Å². The van der Waals surface area contributed by atoms with Crippen LogP contribution in [-0.2, 0) is 26.6 Å². The van der Waals surface area contributed by atoms with Gasteiger partial charge in [0.05, 0.1) is 23.1 Å². The molecule has 8 nitrogen and oxygen atoms in total. The molecule has 3 aliphatic rings. The number of rotatable bonds is 5. The minimum absolute atomic E-state index is 0.0515. The first-order valence-corrected chi connectivity index (χ1v) is 19.0. The fraction of sp³-hybridized carbons (Fsp3) is 0.595. The van der Waals surface area contributed by atoms with Crippen LogP contribution >= 0.6 is 11.6 Å². The number of hydrogen-bond acceptors (Lipinski definition) is 7. The zero-order valence-corrected chi connectivity index (χ0v) is 30.0. The number of nitrogens with one attached hydrogen (secondary N) is 1. The van der Waals surface area contributed by atoms with Gasteiger partial charge in [0.25, 0.3) is 5.91 Å². The number of nitrogens with zero attached hydrogens (tertiary/aromatic N) is 1. The Labute approximate surface area is 285 Å². The second-order valence-corrected chi connectivity index (χ2v) is 16.6. The first kappa shape index (κ1) is 35.7. The fourth-order valence-electron chi connectivity index (χ4n) is 8.14. The second kappa shape index (κ2) is 14.5. The Morgan fingerprint density at radius 1 is 1.15 bits per heavy atom. The summed E-state index contributed by atoms with van der Waals surface area (Å²) in [6.45, 7) is 10.1. The molecule has 0 unspecified atom stereocenters. The number of sulfonamides is 1. The molecule has 5 rings (SSSR count). The monoisotopic (exact) mass is 686 g/mol. The van der Waals surface area contributed by atoms with Crippen LogP contribution in [0.15, 0.2) is 48.6 Å². The maximum atomic E-state index is 13.5. The van der Waals surface area contributed by atoms with Gasteiger partial charge in [0.1, 0.15) is 5.75 Å². The minimum atomic E-state index is -3.98. The van der Waals surface area contributed by atoms with Crippen LogP contribution in [-0.4, -0.2) is 63.7 Å². The van der Waals surface area contributed by atoms with E-state index in [-0.39, 0.29) is 28.7 Å². The van der Waals surface area contributed by atoms with Crippen LogP contribution in [0.1, 0.15) is 87.7 Å². The summed E-state index contributed by atoms with van der Waals surface area (Å²) in [4.78, 5) is 15.8. The molecule has 1 aliphatic carbocycles. The summed E-state index contributed by atoms with van der Waals surface area (Å²) < 4.78 is 41.1. The lowest BCUT2D eigenvalue weighted by atomic mass is 9.69. The van der Waals surface area contributed by atoms with Gasteiger partial charge in [0.15, 0.2) is 0 Å². The van der Waals surface area contributed by atoms with Crippen LogP contribution in [0.25, 0.3) is 0 Å². The number of anilines is 1. The lowest BCUT2D eigenvalue weighted by molar-refractivity contribution is -0.0111. The van der Waals surface area contributed by atoms with Crippen molar-refractivity contribution in [3.05, 3.63) is 70.3 Å². The minimum Gasteiger partial charge on any atom is -0.490 e. The van der Waals surface area contributed by atoms with Crippen LogP contribution in [0.4, 0.5) is 5.69 Å². The highest BCUT2D eigenvalue weighted by Gasteiger charge is 2.44. The van der Waals surface area contributed by atoms with Gasteiger partial charge in [-0.1, -0.05) is 50.6 Å². The first-order chi connectivity index (χ1) is 22.3. The summed E-state index contributed by atoms with van der Waals surface area (Å²) in [6.07, 6.45) is 9.13. The van der Waals surface area contributed by atoms with Crippen LogP contribution < -0.4 is 14.4 Å². The van der Waals surface area contributed by atoms with E-state index in [0.717, 1.165) is 36.4 Å². The highest BCUT2D eigenvalue weighted by molar-refractivity contribution is 7.90. The van der Waals surface area contributed by atoms with E-state index in [4.69, 9.17) is 21.1 Å². The van der Waals surface area contributed by atoms with Crippen molar-refractivity contribution >= 4 is 33.2 Å². The molecule has 0 aromatic heterocycles. The van der Waals surface area contributed by atoms with Crippen LogP contribution in [0.5, 0.6) is 5.75 Å². The molecular formula is C37H51ClN2O6S. The molecule has 6 atom stereocenters. The Bertz CT molecular complexity index is 1580. The third-order valence-electron chi connectivity index (χ3n) is 10.9. The largest absolute Gasteiger partial charge is 0.490 e. The van der Waals surface area contributed by atoms with Crippen LogP contribution in [0, 0.1) is 17.8 Å². The SMILES string of the molecule is CC[C@@H]1[C@@H](C)CN2C[C@@]3(CCCc4cc(Cl)ccc43)COc3ccc(cc32)C(=O)NS(=O)(=O)[C@H](C)[C@@H](C)C/C=C/[C@]1(O)CCCOC. The van der Waals surface area contributed by atoms with Crippen molar-refractivity contribution in [2.45, 2.75) is 88.9 Å². The zero-order chi connectivity index (χ0) is 34.0. The molecule has 1 amide bonds. The summed E-state index contributed by atoms with van der Waals surface area (Å²) in [5.41, 5.74) is 2.05. The Kier molecular flexibility index (Phi) is 11.0. The van der Waals surface area contributed by atoms with Crippen molar-refractivity contribution in [3.63, 3.8) is 0 Å². The lowest BCUT2D eigenvalue weighted by Gasteiger charge is -2.43. The average Bonchev–Trinajstić information content (AvgIpc) is 3.17. The molecule has 2 aromatic carbocycles. The molecule has 2 aliphatic heterocycles. The summed E-state index contributed by atoms with van der Waals surface area (Å²) in [7, 11) is -2.31. The van der Waals surface area contributed by atoms with E-state index in [0.29, 0.717) is 51.3 Å². The van der Waals surface area contributed by atoms with Crippen molar-refractivity contribution in [1.29, 1.82) is 0 Å². The molecule has 2 N–H and O–H groups in total. The molecular weight excluding hydrogens is 636 g/mol. The van der Waals surface area contributed by atoms with Crippen molar-refractivity contribution in [1.82, 2.24) is 4.72 Å². The molecule has 0 fully saturated rings. The zero-order valence-electron chi connectivity index (χ0n) is 28.4. The molecule has 0 radical (unpaired) electrons. The number of aliphatic hydroxyl groups is 1. The number of methoxy groups -OCH3 is 1. The van der Waals surface area contributed by atoms with Gasteiger partial charge in [-0.15, -0.1) is 0 Å². The normalized spacial score (nSPS) is 31.7. The van der Waals surface area contributed by atoms with E-state index in [9.17, 15) is 18.3 Å². The Balaban J connectivity index is 1.63. The quantitative estimate of drug-likeness (QED) is 0.267. The number of fused-ring (bicyclic) bond motifs is 3. The number of carbonyl (C=O) groups is 1. The number of benzene rings is 2. The van der Waals surface area contributed by atoms with Crippen LogP contribution in [0.3, 0.4) is 0 Å². The van der Waals surface area contributed by atoms with Gasteiger partial charge in [-0.05, 0) is 111 Å². The number of allylic oxidation sites excluding steroid dienone is 1. The van der Waals surface area contributed by atoms with Gasteiger partial charge in [-0.2, -0.15) is 0 Å². The number of ether oxygens (including phenoxy) is 2. The van der Waals surface area contributed by atoms with E-state index in [2.05, 4.69) is 35.6 Å². The van der Waals surface area contributed by atoms with Gasteiger partial charge >= 0.3 is 0 Å². The summed E-state index contributed by atoms with van der Waals surface area (Å²) in [5.74, 6) is -0.326. The average molecular weight is 687 g/mol. The van der Waals surface area contributed by atoms with E-state index >= 15 is 0 Å². The number of carbonyl (C=O) groups excluding carboxylic acids is 1. The molecule has 2 bridgehead atoms. The van der Waals surface area contributed by atoms with Crippen molar-refractivity contribution in [2.75, 3.05) is 38.3 Å². The van der Waals surface area contributed by atoms with Crippen molar-refractivity contribution in [3.8, 4) is 5.75 Å². The molecule has 2 aromatic rings. The molecule has 1 spiro atoms. The predicted molar refractivity (Wildman–Crippen MR) is 188 cm³/mol. The van der Waals surface area contributed by atoms with Gasteiger partial charge in [-0.25, -0.2) is 13.1 Å². The number of aryl methyl sites for hydroxylation is 1. The topological polar surface area (TPSA) is 105 Å². The third kappa shape index (κ3) is 7.53. The Morgan fingerprint density at radius 3 is 2.68 bits per heavy atom.